The van der Waals surface area contributed by atoms with Gasteiger partial charge in [0.25, 0.3) is 5.91 Å². The molecule has 0 saturated carbocycles. The molecule has 1 aromatic heterocycles. The Balaban J connectivity index is 1.24. The minimum absolute atomic E-state index is 0.0780. The van der Waals surface area contributed by atoms with Gasteiger partial charge in [0.05, 0.1) is 16.7 Å². The van der Waals surface area contributed by atoms with Gasteiger partial charge >= 0.3 is 0 Å². The first-order valence-corrected chi connectivity index (χ1v) is 13.3. The summed E-state index contributed by atoms with van der Waals surface area (Å²) in [5.41, 5.74) is 1.37. The third-order valence-electron chi connectivity index (χ3n) is 6.23. The van der Waals surface area contributed by atoms with Crippen molar-refractivity contribution in [2.45, 2.75) is 17.7 Å². The van der Waals surface area contributed by atoms with Crippen LogP contribution < -0.4 is 9.64 Å². The molecule has 2 aromatic carbocycles. The summed E-state index contributed by atoms with van der Waals surface area (Å²) < 4.78 is 33.4. The molecule has 0 atom stereocenters. The van der Waals surface area contributed by atoms with Gasteiger partial charge in [-0.2, -0.15) is 4.31 Å². The number of nitrogens with zero attached hydrogens (tertiary/aromatic N) is 4. The van der Waals surface area contributed by atoms with E-state index in [1.165, 1.54) is 4.31 Å². The molecule has 8 nitrogen and oxygen atoms in total. The van der Waals surface area contributed by atoms with Gasteiger partial charge in [-0.3, -0.25) is 4.79 Å². The topological polar surface area (TPSA) is 83.0 Å². The van der Waals surface area contributed by atoms with Gasteiger partial charge < -0.3 is 14.5 Å². The van der Waals surface area contributed by atoms with Crippen molar-refractivity contribution in [1.82, 2.24) is 14.2 Å². The molecule has 33 heavy (non-hydrogen) atoms. The van der Waals surface area contributed by atoms with E-state index in [1.807, 2.05) is 23.1 Å². The first kappa shape index (κ1) is 22.1. The summed E-state index contributed by atoms with van der Waals surface area (Å²) in [7, 11) is -1.83. The smallest absolute Gasteiger partial charge is 0.253 e. The number of benzene rings is 2. The third-order valence-corrected chi connectivity index (χ3v) is 9.23. The van der Waals surface area contributed by atoms with Gasteiger partial charge in [-0.25, -0.2) is 13.4 Å². The number of sulfonamides is 1. The molecular formula is C23H26N4O4S2. The lowest BCUT2D eigenvalue weighted by Gasteiger charge is -2.34. The molecule has 2 fully saturated rings. The van der Waals surface area contributed by atoms with Gasteiger partial charge in [-0.1, -0.05) is 17.4 Å². The predicted octanol–water partition coefficient (Wildman–Crippen LogP) is 3.05. The normalized spacial score (nSPS) is 17.6. The number of ether oxygens (including phenoxy) is 1. The molecule has 3 aromatic rings. The van der Waals surface area contributed by atoms with Gasteiger partial charge in [0.1, 0.15) is 11.3 Å². The Kier molecular flexibility index (Phi) is 5.98. The highest BCUT2D eigenvalue weighted by Gasteiger charge is 2.28. The molecule has 0 unspecified atom stereocenters. The zero-order valence-corrected chi connectivity index (χ0v) is 20.1. The van der Waals surface area contributed by atoms with Crippen LogP contribution in [0.3, 0.4) is 0 Å². The highest BCUT2D eigenvalue weighted by molar-refractivity contribution is 7.89. The van der Waals surface area contributed by atoms with Gasteiger partial charge in [0.2, 0.25) is 10.0 Å². The van der Waals surface area contributed by atoms with E-state index in [-0.39, 0.29) is 10.8 Å². The summed E-state index contributed by atoms with van der Waals surface area (Å²) in [6.07, 6.45) is 1.79. The van der Waals surface area contributed by atoms with Crippen LogP contribution in [-0.4, -0.2) is 74.9 Å². The van der Waals surface area contributed by atoms with Crippen LogP contribution in [0.2, 0.25) is 0 Å². The van der Waals surface area contributed by atoms with Crippen LogP contribution in [-0.2, 0) is 10.0 Å². The second kappa shape index (κ2) is 8.92. The molecule has 2 saturated heterocycles. The molecule has 2 aliphatic rings. The Labute approximate surface area is 197 Å². The second-order valence-electron chi connectivity index (χ2n) is 8.22. The molecule has 0 N–H and O–H groups in total. The number of carbonyl (C=O) groups is 1. The molecule has 0 bridgehead atoms. The number of piperazine rings is 1. The Hall–Kier alpha value is -2.69. The largest absolute Gasteiger partial charge is 0.494 e. The maximum atomic E-state index is 13.0. The highest BCUT2D eigenvalue weighted by atomic mass is 32.2. The minimum Gasteiger partial charge on any atom is -0.494 e. The molecule has 0 radical (unpaired) electrons. The fourth-order valence-electron chi connectivity index (χ4n) is 4.34. The summed E-state index contributed by atoms with van der Waals surface area (Å²) in [6.45, 7) is 3.67. The summed E-state index contributed by atoms with van der Waals surface area (Å²) in [6, 6.07) is 12.2. The van der Waals surface area contributed by atoms with Gasteiger partial charge in [0, 0.05) is 44.8 Å². The summed E-state index contributed by atoms with van der Waals surface area (Å²) in [4.78, 5) is 22.0. The van der Waals surface area contributed by atoms with Crippen molar-refractivity contribution >= 4 is 42.6 Å². The Morgan fingerprint density at radius 3 is 2.33 bits per heavy atom. The van der Waals surface area contributed by atoms with Crippen LogP contribution >= 0.6 is 11.3 Å². The predicted molar refractivity (Wildman–Crippen MR) is 129 cm³/mol. The zero-order valence-electron chi connectivity index (χ0n) is 18.4. The van der Waals surface area contributed by atoms with Crippen molar-refractivity contribution in [2.24, 2.45) is 0 Å². The lowest BCUT2D eigenvalue weighted by molar-refractivity contribution is 0.0746. The highest BCUT2D eigenvalue weighted by Crippen LogP contribution is 2.34. The van der Waals surface area contributed by atoms with E-state index >= 15 is 0 Å². The van der Waals surface area contributed by atoms with Crippen molar-refractivity contribution < 1.29 is 17.9 Å². The van der Waals surface area contributed by atoms with Crippen LogP contribution in [0.15, 0.2) is 47.4 Å². The van der Waals surface area contributed by atoms with Gasteiger partial charge in [-0.05, 0) is 49.2 Å². The van der Waals surface area contributed by atoms with E-state index < -0.39 is 10.0 Å². The van der Waals surface area contributed by atoms with Crippen molar-refractivity contribution in [2.75, 3.05) is 51.3 Å². The zero-order chi connectivity index (χ0) is 23.0. The molecule has 174 valence electrons. The van der Waals surface area contributed by atoms with Gasteiger partial charge in [0.15, 0.2) is 5.13 Å². The standard InChI is InChI=1S/C23H26N4O4S2/c1-31-19-5-4-6-20-21(19)24-23(32-20)26-15-13-25(14-16-26)22(28)17-7-9-18(10-8-17)33(29,30)27-11-2-3-12-27/h4-10H,2-3,11-16H2,1H3. The molecule has 2 aliphatic heterocycles. The molecule has 1 amide bonds. The van der Waals surface area contributed by atoms with Crippen LogP contribution in [0.1, 0.15) is 23.2 Å². The first-order chi connectivity index (χ1) is 16.0. The number of carbonyl (C=O) groups excluding carboxylic acids is 1. The molecule has 5 rings (SSSR count). The van der Waals surface area contributed by atoms with Crippen molar-refractivity contribution in [1.29, 1.82) is 0 Å². The second-order valence-corrected chi connectivity index (χ2v) is 11.2. The molecule has 0 aliphatic carbocycles. The summed E-state index contributed by atoms with van der Waals surface area (Å²) in [5.74, 6) is 0.685. The molecule has 10 heteroatoms. The number of para-hydroxylation sites is 1. The average molecular weight is 487 g/mol. The first-order valence-electron chi connectivity index (χ1n) is 11.1. The number of anilines is 1. The number of hydrogen-bond acceptors (Lipinski definition) is 7. The number of hydrogen-bond donors (Lipinski definition) is 0. The fourth-order valence-corrected chi connectivity index (χ4v) is 6.89. The van der Waals surface area contributed by atoms with Crippen molar-refractivity contribution in [3.8, 4) is 5.75 Å². The van der Waals surface area contributed by atoms with Crippen molar-refractivity contribution in [3.05, 3.63) is 48.0 Å². The van der Waals surface area contributed by atoms with E-state index in [4.69, 9.17) is 9.72 Å². The number of thiazole rings is 1. The number of aromatic nitrogens is 1. The Bertz CT molecular complexity index is 1260. The van der Waals surface area contributed by atoms with E-state index in [0.29, 0.717) is 44.8 Å². The average Bonchev–Trinajstić information content (AvgIpc) is 3.54. The summed E-state index contributed by atoms with van der Waals surface area (Å²) in [5, 5.41) is 0.929. The van der Waals surface area contributed by atoms with Crippen LogP contribution in [0.5, 0.6) is 5.75 Å². The maximum absolute atomic E-state index is 13.0. The van der Waals surface area contributed by atoms with E-state index in [2.05, 4.69) is 4.90 Å². The minimum atomic E-state index is -3.47. The van der Waals surface area contributed by atoms with E-state index in [9.17, 15) is 13.2 Å². The van der Waals surface area contributed by atoms with Crippen LogP contribution in [0, 0.1) is 0 Å². The van der Waals surface area contributed by atoms with Crippen LogP contribution in [0.4, 0.5) is 5.13 Å². The van der Waals surface area contributed by atoms with E-state index in [0.717, 1.165) is 33.9 Å². The van der Waals surface area contributed by atoms with E-state index in [1.54, 1.807) is 42.7 Å². The lowest BCUT2D eigenvalue weighted by atomic mass is 10.2. The Morgan fingerprint density at radius 1 is 0.970 bits per heavy atom. The molecule has 3 heterocycles. The van der Waals surface area contributed by atoms with Crippen molar-refractivity contribution in [3.63, 3.8) is 0 Å². The SMILES string of the molecule is COc1cccc2sc(N3CCN(C(=O)c4ccc(S(=O)(=O)N5CCCC5)cc4)CC3)nc12. The third kappa shape index (κ3) is 4.18. The number of amides is 1. The number of methoxy groups -OCH3 is 1. The number of fused-ring (bicyclic) bond motifs is 1. The maximum Gasteiger partial charge on any atom is 0.253 e. The summed E-state index contributed by atoms with van der Waals surface area (Å²) >= 11 is 1.62. The molecule has 0 spiro atoms. The molecular weight excluding hydrogens is 460 g/mol. The fraction of sp³-hybridized carbons (Fsp3) is 0.391. The van der Waals surface area contributed by atoms with Crippen LogP contribution in [0.25, 0.3) is 10.2 Å². The number of rotatable bonds is 5. The Morgan fingerprint density at radius 2 is 1.67 bits per heavy atom. The monoisotopic (exact) mass is 486 g/mol. The van der Waals surface area contributed by atoms with Gasteiger partial charge in [-0.15, -0.1) is 0 Å². The quantitative estimate of drug-likeness (QED) is 0.551. The lowest BCUT2D eigenvalue weighted by Crippen LogP contribution is -2.48.